The molecule has 5 rings (SSSR count). The number of amides is 1. The fraction of sp³-hybridized carbons (Fsp3) is 0.303. The van der Waals surface area contributed by atoms with Gasteiger partial charge in [-0.05, 0) is 30.7 Å². The average molecular weight is 654 g/mol. The van der Waals surface area contributed by atoms with Crippen molar-refractivity contribution in [2.75, 3.05) is 39.2 Å². The van der Waals surface area contributed by atoms with Crippen LogP contribution in [0.1, 0.15) is 24.0 Å². The van der Waals surface area contributed by atoms with Crippen LogP contribution in [0.3, 0.4) is 0 Å². The number of ether oxygens (including phenoxy) is 2. The van der Waals surface area contributed by atoms with Gasteiger partial charge >= 0.3 is 0 Å². The highest BCUT2D eigenvalue weighted by Crippen LogP contribution is 2.41. The molecule has 1 amide bonds. The highest BCUT2D eigenvalue weighted by atomic mass is 35.5. The molecular weight excluding hydrogens is 618 g/mol. The van der Waals surface area contributed by atoms with Crippen LogP contribution in [0.2, 0.25) is 10.0 Å². The lowest BCUT2D eigenvalue weighted by Gasteiger charge is -2.16. The molecule has 4 aromatic rings. The number of nitrogens with zero attached hydrogens (tertiary/aromatic N) is 2. The normalized spacial score (nSPS) is 14.4. The highest BCUT2D eigenvalue weighted by molar-refractivity contribution is 6.39. The summed E-state index contributed by atoms with van der Waals surface area (Å²) in [6.45, 7) is 2.70. The third kappa shape index (κ3) is 7.89. The van der Waals surface area contributed by atoms with Crippen molar-refractivity contribution >= 4 is 40.5 Å². The lowest BCUT2D eigenvalue weighted by atomic mass is 10.0. The Morgan fingerprint density at radius 3 is 2.53 bits per heavy atom. The molecule has 12 heteroatoms. The fourth-order valence-electron chi connectivity index (χ4n) is 5.14. The number of anilines is 2. The Bertz CT molecular complexity index is 1660. The predicted molar refractivity (Wildman–Crippen MR) is 176 cm³/mol. The summed E-state index contributed by atoms with van der Waals surface area (Å²) >= 11 is 13.8. The summed E-state index contributed by atoms with van der Waals surface area (Å²) in [5.74, 6) is 0.183. The maximum atomic E-state index is 15.3. The Balaban J connectivity index is 1.35. The van der Waals surface area contributed by atoms with Crippen molar-refractivity contribution in [3.63, 3.8) is 0 Å². The average Bonchev–Trinajstić information content (AvgIpc) is 3.47. The number of hydrogen-bond acceptors (Lipinski definition) is 8. The molecule has 2 aromatic heterocycles. The SMILES string of the molecule is COCCNCc1cccc(Nc2cccc(-c3nccc(-c4ccc(CNC[C@H]5CCC(=O)N5)c(OC)n4)c3Cl)c2Cl)c1F. The van der Waals surface area contributed by atoms with Crippen LogP contribution in [0.5, 0.6) is 5.88 Å². The molecule has 9 nitrogen and oxygen atoms in total. The van der Waals surface area contributed by atoms with Crippen molar-refractivity contribution in [3.05, 3.63) is 87.8 Å². The maximum Gasteiger partial charge on any atom is 0.220 e. The first-order valence-corrected chi connectivity index (χ1v) is 15.4. The number of hydrogen-bond donors (Lipinski definition) is 4. The number of carbonyl (C=O) groups excluding carboxylic acids is 1. The Kier molecular flexibility index (Phi) is 11.2. The topological polar surface area (TPSA) is 109 Å². The first-order chi connectivity index (χ1) is 21.9. The zero-order valence-corrected chi connectivity index (χ0v) is 26.6. The minimum atomic E-state index is -0.369. The standard InChI is InChI=1S/C33H35Cl2FN6O3/c1-44-16-15-37-17-20-5-3-8-27(31(20)36)41-26-7-4-6-24(29(26)34)32-30(35)23(13-14-39-32)25-11-9-21(33(42-25)45-2)18-38-19-22-10-12-28(43)40-22/h3-9,11,13-14,22,37-38,41H,10,12,15-19H2,1-2H3,(H,40,43)/t22-/m1/s1. The molecule has 0 radical (unpaired) electrons. The molecule has 1 atom stereocenters. The third-order valence-corrected chi connectivity index (χ3v) is 8.28. The van der Waals surface area contributed by atoms with Crippen molar-refractivity contribution in [2.45, 2.75) is 32.0 Å². The number of halogens is 3. The highest BCUT2D eigenvalue weighted by Gasteiger charge is 2.21. The Morgan fingerprint density at radius 1 is 0.956 bits per heavy atom. The van der Waals surface area contributed by atoms with Gasteiger partial charge in [0.2, 0.25) is 11.8 Å². The van der Waals surface area contributed by atoms with Crippen molar-refractivity contribution in [1.29, 1.82) is 0 Å². The first-order valence-electron chi connectivity index (χ1n) is 14.6. The molecule has 1 fully saturated rings. The summed E-state index contributed by atoms with van der Waals surface area (Å²) in [5.41, 5.74) is 4.51. The van der Waals surface area contributed by atoms with Crippen LogP contribution in [0.25, 0.3) is 22.5 Å². The number of benzene rings is 2. The molecule has 1 aliphatic rings. The van der Waals surface area contributed by atoms with E-state index >= 15 is 4.39 Å². The predicted octanol–water partition coefficient (Wildman–Crippen LogP) is 6.11. The van der Waals surface area contributed by atoms with Gasteiger partial charge < -0.3 is 30.7 Å². The van der Waals surface area contributed by atoms with Crippen LogP contribution in [-0.4, -0.2) is 55.8 Å². The molecule has 0 aliphatic carbocycles. The molecule has 2 aromatic carbocycles. The molecule has 4 N–H and O–H groups in total. The van der Waals surface area contributed by atoms with Gasteiger partial charge in [-0.15, -0.1) is 0 Å². The van der Waals surface area contributed by atoms with E-state index in [4.69, 9.17) is 37.7 Å². The summed E-state index contributed by atoms with van der Waals surface area (Å²) in [5, 5.41) is 13.3. The Hall–Kier alpha value is -3.80. The van der Waals surface area contributed by atoms with Crippen LogP contribution in [0.4, 0.5) is 15.8 Å². The van der Waals surface area contributed by atoms with Gasteiger partial charge in [0.25, 0.3) is 0 Å². The smallest absolute Gasteiger partial charge is 0.220 e. The second kappa shape index (κ2) is 15.5. The van der Waals surface area contributed by atoms with Crippen LogP contribution in [-0.2, 0) is 22.6 Å². The second-order valence-electron chi connectivity index (χ2n) is 10.6. The zero-order valence-electron chi connectivity index (χ0n) is 25.1. The van der Waals surface area contributed by atoms with Crippen molar-refractivity contribution in [1.82, 2.24) is 25.9 Å². The van der Waals surface area contributed by atoms with Crippen molar-refractivity contribution in [3.8, 4) is 28.4 Å². The van der Waals surface area contributed by atoms with Gasteiger partial charge in [-0.25, -0.2) is 9.37 Å². The second-order valence-corrected chi connectivity index (χ2v) is 11.3. The number of carbonyl (C=O) groups is 1. The van der Waals surface area contributed by atoms with Crippen LogP contribution >= 0.6 is 23.2 Å². The number of methoxy groups -OCH3 is 2. The molecule has 3 heterocycles. The van der Waals surface area contributed by atoms with Gasteiger partial charge in [0, 0.05) is 74.2 Å². The number of aromatic nitrogens is 2. The quantitative estimate of drug-likeness (QED) is 0.121. The lowest BCUT2D eigenvalue weighted by molar-refractivity contribution is -0.119. The summed E-state index contributed by atoms with van der Waals surface area (Å²) in [6.07, 6.45) is 3.03. The van der Waals surface area contributed by atoms with E-state index in [9.17, 15) is 4.79 Å². The fourth-order valence-corrected chi connectivity index (χ4v) is 5.71. The van der Waals surface area contributed by atoms with Gasteiger partial charge in [0.15, 0.2) is 5.82 Å². The van der Waals surface area contributed by atoms with Crippen LogP contribution in [0.15, 0.2) is 60.8 Å². The van der Waals surface area contributed by atoms with Gasteiger partial charge in [-0.3, -0.25) is 9.78 Å². The monoisotopic (exact) mass is 652 g/mol. The molecular formula is C33H35Cl2FN6O3. The van der Waals surface area contributed by atoms with E-state index in [1.807, 2.05) is 24.3 Å². The largest absolute Gasteiger partial charge is 0.481 e. The molecule has 236 valence electrons. The number of rotatable bonds is 14. The van der Waals surface area contributed by atoms with E-state index in [1.54, 1.807) is 50.7 Å². The summed E-state index contributed by atoms with van der Waals surface area (Å²) in [4.78, 5) is 20.7. The summed E-state index contributed by atoms with van der Waals surface area (Å²) < 4.78 is 26.0. The molecule has 0 spiro atoms. The molecule has 1 saturated heterocycles. The molecule has 0 saturated carbocycles. The summed E-state index contributed by atoms with van der Waals surface area (Å²) in [6, 6.07) is 16.3. The van der Waals surface area contributed by atoms with Crippen molar-refractivity contribution in [2.24, 2.45) is 0 Å². The number of pyridine rings is 2. The number of nitrogens with one attached hydrogen (secondary N) is 4. The molecule has 1 aliphatic heterocycles. The van der Waals surface area contributed by atoms with Crippen LogP contribution < -0.4 is 26.0 Å². The van der Waals surface area contributed by atoms with Crippen LogP contribution in [0, 0.1) is 5.82 Å². The minimum absolute atomic E-state index is 0.0877. The van der Waals surface area contributed by atoms with E-state index in [-0.39, 0.29) is 17.8 Å². The maximum absolute atomic E-state index is 15.3. The minimum Gasteiger partial charge on any atom is -0.481 e. The van der Waals surface area contributed by atoms with E-state index in [0.717, 1.165) is 12.0 Å². The Labute approximate surface area is 271 Å². The summed E-state index contributed by atoms with van der Waals surface area (Å²) in [7, 11) is 3.19. The van der Waals surface area contributed by atoms with E-state index < -0.39 is 0 Å². The van der Waals surface area contributed by atoms with E-state index in [2.05, 4.69) is 26.3 Å². The van der Waals surface area contributed by atoms with E-state index in [1.165, 1.54) is 0 Å². The third-order valence-electron chi connectivity index (χ3n) is 7.49. The lowest BCUT2D eigenvalue weighted by Crippen LogP contribution is -2.35. The van der Waals surface area contributed by atoms with Gasteiger partial charge in [-0.2, -0.15) is 0 Å². The first kappa shape index (κ1) is 32.6. The van der Waals surface area contributed by atoms with E-state index in [0.29, 0.717) is 94.6 Å². The zero-order chi connectivity index (χ0) is 31.8. The Morgan fingerprint density at radius 2 is 1.76 bits per heavy atom. The van der Waals surface area contributed by atoms with Crippen molar-refractivity contribution < 1.29 is 18.7 Å². The van der Waals surface area contributed by atoms with Gasteiger partial charge in [0.1, 0.15) is 0 Å². The molecule has 45 heavy (non-hydrogen) atoms. The van der Waals surface area contributed by atoms with Gasteiger partial charge in [0.05, 0.1) is 46.5 Å². The molecule has 0 bridgehead atoms. The molecule has 0 unspecified atom stereocenters. The van der Waals surface area contributed by atoms with Gasteiger partial charge in [-0.1, -0.05) is 53.5 Å².